The predicted molar refractivity (Wildman–Crippen MR) is 154 cm³/mol. The fourth-order valence-electron chi connectivity index (χ4n) is 5.00. The van der Waals surface area contributed by atoms with Crippen LogP contribution in [0.25, 0.3) is 0 Å². The van der Waals surface area contributed by atoms with E-state index >= 15 is 0 Å². The van der Waals surface area contributed by atoms with Crippen molar-refractivity contribution in [1.82, 2.24) is 15.0 Å². The summed E-state index contributed by atoms with van der Waals surface area (Å²) in [6.45, 7) is 7.84. The van der Waals surface area contributed by atoms with E-state index in [4.69, 9.17) is 14.4 Å². The van der Waals surface area contributed by atoms with E-state index in [1.54, 1.807) is 42.2 Å². The van der Waals surface area contributed by atoms with Crippen molar-refractivity contribution in [1.29, 1.82) is 0 Å². The fraction of sp³-hybridized carbons (Fsp3) is 0.414. The first kappa shape index (κ1) is 31.0. The number of hydrogen-bond acceptors (Lipinski definition) is 9. The summed E-state index contributed by atoms with van der Waals surface area (Å²) in [6, 6.07) is 10.7. The second-order valence-corrected chi connectivity index (χ2v) is 12.4. The Morgan fingerprint density at radius 3 is 2.50 bits per heavy atom. The van der Waals surface area contributed by atoms with Gasteiger partial charge in [0.1, 0.15) is 17.5 Å². The van der Waals surface area contributed by atoms with Crippen molar-refractivity contribution in [3.8, 4) is 5.75 Å². The van der Waals surface area contributed by atoms with Gasteiger partial charge in [0.15, 0.2) is 10.7 Å². The zero-order valence-corrected chi connectivity index (χ0v) is 25.0. The van der Waals surface area contributed by atoms with Gasteiger partial charge in [0.25, 0.3) is 15.9 Å². The number of aromatic nitrogens is 1. The van der Waals surface area contributed by atoms with Gasteiger partial charge in [-0.3, -0.25) is 14.4 Å². The Morgan fingerprint density at radius 1 is 1.21 bits per heavy atom. The van der Waals surface area contributed by atoms with Crippen LogP contribution >= 0.6 is 0 Å². The molecule has 0 fully saturated rings. The molecule has 3 aromatic rings. The van der Waals surface area contributed by atoms with E-state index in [-0.39, 0.29) is 57.7 Å². The van der Waals surface area contributed by atoms with E-state index in [2.05, 4.69) is 9.88 Å². The van der Waals surface area contributed by atoms with E-state index in [0.717, 1.165) is 5.56 Å². The summed E-state index contributed by atoms with van der Waals surface area (Å²) in [5, 5.41) is 22.8. The molecule has 0 bridgehead atoms. The second-order valence-electron chi connectivity index (χ2n) is 10.8. The Balaban J connectivity index is 1.62. The number of sulfonamides is 1. The number of ether oxygens (including phenoxy) is 1. The molecular weight excluding hydrogens is 564 g/mol. The fourth-order valence-corrected chi connectivity index (χ4v) is 6.39. The number of aryl methyl sites for hydroxylation is 2. The predicted octanol–water partition coefficient (Wildman–Crippen LogP) is 3.14. The molecule has 2 aromatic carbocycles. The molecule has 3 N–H and O–H groups in total. The first-order valence-corrected chi connectivity index (χ1v) is 15.0. The number of nitrogens with zero attached hydrogens (tertiary/aromatic N) is 3. The van der Waals surface area contributed by atoms with E-state index in [1.165, 1.54) is 26.0 Å². The number of aliphatic hydroxyl groups is 1. The first-order chi connectivity index (χ1) is 19.8. The molecule has 0 radical (unpaired) electrons. The quantitative estimate of drug-likeness (QED) is 0.315. The Morgan fingerprint density at radius 2 is 1.90 bits per heavy atom. The van der Waals surface area contributed by atoms with Crippen molar-refractivity contribution in [3.05, 3.63) is 70.6 Å². The van der Waals surface area contributed by atoms with Crippen LogP contribution in [0.1, 0.15) is 51.6 Å². The number of fused-ring (bicyclic) bond motifs is 1. The molecular formula is C29H36N4O8S. The summed E-state index contributed by atoms with van der Waals surface area (Å²) in [6.07, 6.45) is -0.363. The van der Waals surface area contributed by atoms with Crippen LogP contribution in [0.3, 0.4) is 0 Å². The summed E-state index contributed by atoms with van der Waals surface area (Å²) in [5.41, 5.74) is 1.69. The number of carboxylic acid groups (broad SMARTS) is 1. The zero-order chi connectivity index (χ0) is 30.8. The van der Waals surface area contributed by atoms with Gasteiger partial charge in [-0.05, 0) is 63.7 Å². The highest BCUT2D eigenvalue weighted by molar-refractivity contribution is 7.92. The molecule has 1 amide bonds. The number of nitrogens with one attached hydrogen (secondary N) is 1. The van der Waals surface area contributed by atoms with Crippen LogP contribution in [0.15, 0.2) is 51.9 Å². The van der Waals surface area contributed by atoms with Crippen molar-refractivity contribution in [2.75, 3.05) is 31.5 Å². The van der Waals surface area contributed by atoms with Gasteiger partial charge < -0.3 is 24.4 Å². The molecule has 3 atom stereocenters. The van der Waals surface area contributed by atoms with Crippen molar-refractivity contribution in [2.45, 2.75) is 51.3 Å². The largest absolute Gasteiger partial charge is 0.488 e. The van der Waals surface area contributed by atoms with Gasteiger partial charge in [0.05, 0.1) is 23.8 Å². The zero-order valence-electron chi connectivity index (χ0n) is 24.2. The van der Waals surface area contributed by atoms with Crippen LogP contribution in [0.2, 0.25) is 0 Å². The van der Waals surface area contributed by atoms with E-state index in [1.807, 2.05) is 18.9 Å². The summed E-state index contributed by atoms with van der Waals surface area (Å²) < 4.78 is 40.1. The number of likely N-dealkylation sites (N-methyl/N-ethyl adjacent to an activating group) is 1. The Kier molecular flexibility index (Phi) is 9.24. The van der Waals surface area contributed by atoms with Crippen LogP contribution in [0, 0.1) is 19.8 Å². The lowest BCUT2D eigenvalue weighted by Gasteiger charge is -2.38. The third-order valence-corrected chi connectivity index (χ3v) is 8.92. The third kappa shape index (κ3) is 6.75. The molecule has 13 heteroatoms. The maximum absolute atomic E-state index is 13.7. The molecule has 1 aliphatic heterocycles. The average molecular weight is 601 g/mol. The maximum atomic E-state index is 13.7. The molecule has 0 aliphatic carbocycles. The number of carbonyl (C=O) groups is 2. The standard InChI is InChI=1S/C29H36N4O8S/c1-17-13-33(18(2)16-34)28(35)24-12-23(31-42(38,39)27-19(3)30-41-20(27)4)10-11-25(24)40-26(17)15-32(5)14-21-6-8-22(9-7-21)29(36)37/h6-12,17-18,26,31,34H,13-16H2,1-5H3,(H,36,37)/t17-,18-,26-/m1/s1. The van der Waals surface area contributed by atoms with E-state index in [9.17, 15) is 23.1 Å². The molecule has 2 heterocycles. The van der Waals surface area contributed by atoms with Crippen molar-refractivity contribution >= 4 is 27.6 Å². The monoisotopic (exact) mass is 600 g/mol. The number of aromatic carboxylic acids is 1. The molecule has 4 rings (SSSR count). The number of carboxylic acids is 1. The number of hydrogen-bond donors (Lipinski definition) is 3. The number of carbonyl (C=O) groups excluding carboxylic acids is 1. The van der Waals surface area contributed by atoms with Gasteiger partial charge in [-0.1, -0.05) is 24.2 Å². The highest BCUT2D eigenvalue weighted by Crippen LogP contribution is 2.32. The molecule has 1 aromatic heterocycles. The Bertz CT molecular complexity index is 1530. The van der Waals surface area contributed by atoms with Gasteiger partial charge in [0, 0.05) is 31.2 Å². The highest BCUT2D eigenvalue weighted by Gasteiger charge is 2.34. The van der Waals surface area contributed by atoms with Crippen molar-refractivity contribution in [2.24, 2.45) is 5.92 Å². The van der Waals surface area contributed by atoms with Gasteiger partial charge in [-0.25, -0.2) is 13.2 Å². The lowest BCUT2D eigenvalue weighted by atomic mass is 9.99. The molecule has 1 aliphatic rings. The summed E-state index contributed by atoms with van der Waals surface area (Å²) in [5.74, 6) is -1.05. The topological polar surface area (TPSA) is 163 Å². The summed E-state index contributed by atoms with van der Waals surface area (Å²) in [4.78, 5) is 28.4. The molecule has 0 unspecified atom stereocenters. The number of anilines is 1. The molecule has 42 heavy (non-hydrogen) atoms. The number of aliphatic hydroxyl groups excluding tert-OH is 1. The second kappa shape index (κ2) is 12.5. The first-order valence-electron chi connectivity index (χ1n) is 13.5. The minimum absolute atomic E-state index is 0.0677. The lowest BCUT2D eigenvalue weighted by molar-refractivity contribution is 0.0341. The van der Waals surface area contributed by atoms with Gasteiger partial charge in [-0.15, -0.1) is 0 Å². The van der Waals surface area contributed by atoms with Crippen LogP contribution in [0.4, 0.5) is 5.69 Å². The van der Waals surface area contributed by atoms with Crippen LogP contribution in [0.5, 0.6) is 5.75 Å². The number of amides is 1. The maximum Gasteiger partial charge on any atom is 0.335 e. The smallest absolute Gasteiger partial charge is 0.335 e. The summed E-state index contributed by atoms with van der Waals surface area (Å²) >= 11 is 0. The summed E-state index contributed by atoms with van der Waals surface area (Å²) in [7, 11) is -2.13. The molecule has 12 nitrogen and oxygen atoms in total. The molecule has 0 saturated heterocycles. The average Bonchev–Trinajstić information content (AvgIpc) is 3.29. The Labute approximate surface area is 244 Å². The highest BCUT2D eigenvalue weighted by atomic mass is 32.2. The van der Waals surface area contributed by atoms with E-state index < -0.39 is 22.0 Å². The van der Waals surface area contributed by atoms with Crippen LogP contribution in [-0.4, -0.2) is 84.4 Å². The van der Waals surface area contributed by atoms with Gasteiger partial charge in [-0.2, -0.15) is 0 Å². The minimum atomic E-state index is -4.05. The van der Waals surface area contributed by atoms with Gasteiger partial charge in [0.2, 0.25) is 0 Å². The number of rotatable bonds is 10. The van der Waals surface area contributed by atoms with Gasteiger partial charge >= 0.3 is 5.97 Å². The molecule has 226 valence electrons. The minimum Gasteiger partial charge on any atom is -0.488 e. The van der Waals surface area contributed by atoms with Crippen molar-refractivity contribution < 1.29 is 37.5 Å². The third-order valence-electron chi connectivity index (χ3n) is 7.30. The van der Waals surface area contributed by atoms with E-state index in [0.29, 0.717) is 25.4 Å². The Hall–Kier alpha value is -3.94. The molecule has 0 saturated carbocycles. The van der Waals surface area contributed by atoms with Crippen molar-refractivity contribution in [3.63, 3.8) is 0 Å². The van der Waals surface area contributed by atoms with Crippen LogP contribution < -0.4 is 9.46 Å². The lowest BCUT2D eigenvalue weighted by Crippen LogP contribution is -2.49. The normalized spacial score (nSPS) is 18.2. The molecule has 0 spiro atoms. The van der Waals surface area contributed by atoms with Crippen LogP contribution in [-0.2, 0) is 16.6 Å². The number of benzene rings is 2. The SMILES string of the molecule is Cc1noc(C)c1S(=O)(=O)Nc1ccc2c(c1)C(=O)N([C@H](C)CO)C[C@@H](C)[C@@H](CN(C)Cc1ccc(C(=O)O)cc1)O2.